The molecule has 1 N–H and O–H groups in total. The Morgan fingerprint density at radius 1 is 1.55 bits per heavy atom. The van der Waals surface area contributed by atoms with Crippen molar-refractivity contribution >= 4 is 11.3 Å². The van der Waals surface area contributed by atoms with E-state index in [1.165, 1.54) is 4.52 Å². The Balaban J connectivity index is 1.70. The van der Waals surface area contributed by atoms with Gasteiger partial charge >= 0.3 is 0 Å². The van der Waals surface area contributed by atoms with Gasteiger partial charge in [0.05, 0.1) is 35.8 Å². The monoisotopic (exact) mass is 300 g/mol. The van der Waals surface area contributed by atoms with Crippen molar-refractivity contribution in [3.63, 3.8) is 0 Å². The summed E-state index contributed by atoms with van der Waals surface area (Å²) in [7, 11) is 0. The van der Waals surface area contributed by atoms with Crippen LogP contribution in [0, 0.1) is 5.92 Å². The molecule has 1 atom stereocenters. The molecule has 0 spiro atoms. The van der Waals surface area contributed by atoms with E-state index in [4.69, 9.17) is 4.74 Å². The largest absolute Gasteiger partial charge is 0.381 e. The van der Waals surface area contributed by atoms with Gasteiger partial charge in [-0.15, -0.1) is 0 Å². The number of hydrogen-bond donors (Lipinski definition) is 1. The number of aromatic nitrogens is 3. The lowest BCUT2D eigenvalue weighted by Gasteiger charge is -2.22. The second kappa shape index (κ2) is 4.98. The second-order valence-corrected chi connectivity index (χ2v) is 6.13. The van der Waals surface area contributed by atoms with Gasteiger partial charge in [0.2, 0.25) is 0 Å². The van der Waals surface area contributed by atoms with E-state index >= 15 is 0 Å². The van der Waals surface area contributed by atoms with Crippen molar-refractivity contribution in [1.29, 1.82) is 0 Å². The third kappa shape index (κ3) is 1.98. The minimum atomic E-state index is -0.0326. The van der Waals surface area contributed by atoms with E-state index in [9.17, 15) is 4.79 Å². The fourth-order valence-electron chi connectivity index (χ4n) is 3.34. The van der Waals surface area contributed by atoms with Crippen molar-refractivity contribution in [3.8, 4) is 0 Å². The summed E-state index contributed by atoms with van der Waals surface area (Å²) >= 11 is 0. The van der Waals surface area contributed by atoms with Crippen LogP contribution in [0.5, 0.6) is 0 Å². The number of nitrogens with zero attached hydrogens (tertiary/aromatic N) is 3. The third-order valence-electron chi connectivity index (χ3n) is 4.65. The lowest BCUT2D eigenvalue weighted by Crippen LogP contribution is -2.25. The first kappa shape index (κ1) is 13.6. The van der Waals surface area contributed by atoms with Crippen LogP contribution in [0.25, 0.3) is 11.3 Å². The van der Waals surface area contributed by atoms with E-state index in [1.54, 1.807) is 0 Å². The van der Waals surface area contributed by atoms with Crippen LogP contribution in [0.15, 0.2) is 17.4 Å². The third-order valence-corrected chi connectivity index (χ3v) is 4.65. The Hall–Kier alpha value is -2.08. The van der Waals surface area contributed by atoms with Crippen LogP contribution in [0.2, 0.25) is 0 Å². The summed E-state index contributed by atoms with van der Waals surface area (Å²) in [6.45, 7) is 9.35. The maximum Gasteiger partial charge on any atom is 0.279 e. The zero-order valence-electron chi connectivity index (χ0n) is 12.8. The quantitative estimate of drug-likeness (QED) is 0.931. The number of hydrogen-bond acceptors (Lipinski definition) is 4. The Kier molecular flexibility index (Phi) is 3.07. The van der Waals surface area contributed by atoms with Crippen LogP contribution in [0.3, 0.4) is 0 Å². The minimum absolute atomic E-state index is 0.0326. The molecule has 0 aliphatic carbocycles. The van der Waals surface area contributed by atoms with Crippen molar-refractivity contribution in [2.45, 2.75) is 26.3 Å². The maximum atomic E-state index is 12.7. The SMILES string of the molecule is C=C1c2[nH]c3cc(CC)nn3c(=O)c2CN1CC1CCOC1. The van der Waals surface area contributed by atoms with Crippen molar-refractivity contribution in [3.05, 3.63) is 40.0 Å². The van der Waals surface area contributed by atoms with Crippen molar-refractivity contribution in [2.75, 3.05) is 19.8 Å². The second-order valence-electron chi connectivity index (χ2n) is 6.13. The number of rotatable bonds is 3. The van der Waals surface area contributed by atoms with Gasteiger partial charge in [-0.05, 0) is 12.8 Å². The first-order valence-electron chi connectivity index (χ1n) is 7.83. The molecule has 1 saturated heterocycles. The number of nitrogens with one attached hydrogen (secondary N) is 1. The van der Waals surface area contributed by atoms with Crippen LogP contribution in [-0.2, 0) is 17.7 Å². The molecule has 0 radical (unpaired) electrons. The Morgan fingerprint density at radius 3 is 3.14 bits per heavy atom. The number of H-pyrrole nitrogens is 1. The van der Waals surface area contributed by atoms with Crippen molar-refractivity contribution in [1.82, 2.24) is 19.5 Å². The van der Waals surface area contributed by atoms with Gasteiger partial charge in [-0.2, -0.15) is 9.61 Å². The van der Waals surface area contributed by atoms with Crippen LogP contribution in [0.4, 0.5) is 0 Å². The van der Waals surface area contributed by atoms with Crippen LogP contribution < -0.4 is 5.56 Å². The summed E-state index contributed by atoms with van der Waals surface area (Å²) in [5.41, 5.74) is 4.16. The van der Waals surface area contributed by atoms with Gasteiger partial charge in [0.1, 0.15) is 5.65 Å². The molecule has 0 saturated carbocycles. The molecular formula is C16H20N4O2. The average molecular weight is 300 g/mol. The molecule has 0 aromatic carbocycles. The predicted molar refractivity (Wildman–Crippen MR) is 83.6 cm³/mol. The topological polar surface area (TPSA) is 62.6 Å². The maximum absolute atomic E-state index is 12.7. The van der Waals surface area contributed by atoms with E-state index in [1.807, 2.05) is 13.0 Å². The highest BCUT2D eigenvalue weighted by molar-refractivity contribution is 5.67. The molecule has 6 heteroatoms. The molecule has 2 aliphatic rings. The highest BCUT2D eigenvalue weighted by Gasteiger charge is 2.30. The fourth-order valence-corrected chi connectivity index (χ4v) is 3.34. The van der Waals surface area contributed by atoms with Crippen LogP contribution >= 0.6 is 0 Å². The molecule has 4 rings (SSSR count). The van der Waals surface area contributed by atoms with Crippen LogP contribution in [-0.4, -0.2) is 39.3 Å². The molecule has 2 aromatic rings. The normalized spacial score (nSPS) is 21.0. The van der Waals surface area contributed by atoms with Gasteiger partial charge in [0, 0.05) is 25.1 Å². The molecule has 1 unspecified atom stereocenters. The molecule has 2 aromatic heterocycles. The zero-order chi connectivity index (χ0) is 15.3. The predicted octanol–water partition coefficient (Wildman–Crippen LogP) is 1.41. The standard InChI is InChI=1S/C16H20N4O2/c1-3-12-6-14-17-15-10(2)19(7-11-4-5-22-9-11)8-13(15)16(21)20(14)18-12/h6,11,17H,2-5,7-9H2,1H3. The Morgan fingerprint density at radius 2 is 2.41 bits per heavy atom. The summed E-state index contributed by atoms with van der Waals surface area (Å²) in [6, 6.07) is 1.93. The van der Waals surface area contributed by atoms with E-state index in [2.05, 4.69) is 21.6 Å². The highest BCUT2D eigenvalue weighted by Crippen LogP contribution is 2.30. The summed E-state index contributed by atoms with van der Waals surface area (Å²) in [4.78, 5) is 18.2. The zero-order valence-corrected chi connectivity index (χ0v) is 12.8. The van der Waals surface area contributed by atoms with Crippen molar-refractivity contribution < 1.29 is 4.74 Å². The molecular weight excluding hydrogens is 280 g/mol. The smallest absolute Gasteiger partial charge is 0.279 e. The lowest BCUT2D eigenvalue weighted by molar-refractivity contribution is 0.178. The number of ether oxygens (including phenoxy) is 1. The molecule has 6 nitrogen and oxygen atoms in total. The average Bonchev–Trinajstić information content (AvgIpc) is 3.22. The van der Waals surface area contributed by atoms with E-state index in [0.717, 1.165) is 60.9 Å². The Bertz CT molecular complexity index is 798. The summed E-state index contributed by atoms with van der Waals surface area (Å²) in [5.74, 6) is 0.525. The van der Waals surface area contributed by atoms with Crippen LogP contribution in [0.1, 0.15) is 30.3 Å². The molecule has 0 amide bonds. The van der Waals surface area contributed by atoms with E-state index < -0.39 is 0 Å². The highest BCUT2D eigenvalue weighted by atomic mass is 16.5. The number of aryl methyl sites for hydroxylation is 1. The molecule has 1 fully saturated rings. The summed E-state index contributed by atoms with van der Waals surface area (Å²) in [6.07, 6.45) is 1.89. The molecule has 116 valence electrons. The molecule has 22 heavy (non-hydrogen) atoms. The minimum Gasteiger partial charge on any atom is -0.381 e. The van der Waals surface area contributed by atoms with Gasteiger partial charge in [0.15, 0.2) is 0 Å². The first-order chi connectivity index (χ1) is 10.7. The van der Waals surface area contributed by atoms with Gasteiger partial charge in [0.25, 0.3) is 5.56 Å². The van der Waals surface area contributed by atoms with E-state index in [0.29, 0.717) is 12.5 Å². The first-order valence-corrected chi connectivity index (χ1v) is 7.83. The van der Waals surface area contributed by atoms with Crippen molar-refractivity contribution in [2.24, 2.45) is 5.92 Å². The van der Waals surface area contributed by atoms with E-state index in [-0.39, 0.29) is 5.56 Å². The van der Waals surface area contributed by atoms with Gasteiger partial charge in [-0.25, -0.2) is 0 Å². The Labute approximate surface area is 128 Å². The van der Waals surface area contributed by atoms with Gasteiger partial charge < -0.3 is 14.6 Å². The fraction of sp³-hybridized carbons (Fsp3) is 0.500. The lowest BCUT2D eigenvalue weighted by atomic mass is 10.1. The number of fused-ring (bicyclic) bond motifs is 2. The summed E-state index contributed by atoms with van der Waals surface area (Å²) < 4.78 is 6.92. The van der Waals surface area contributed by atoms with Gasteiger partial charge in [-0.3, -0.25) is 4.79 Å². The molecule has 0 bridgehead atoms. The summed E-state index contributed by atoms with van der Waals surface area (Å²) in [5, 5.41) is 4.37. The molecule has 2 aliphatic heterocycles. The van der Waals surface area contributed by atoms with Gasteiger partial charge in [-0.1, -0.05) is 13.5 Å². The number of aromatic amines is 1. The molecule has 4 heterocycles.